The van der Waals surface area contributed by atoms with E-state index in [0.717, 1.165) is 18.7 Å². The van der Waals surface area contributed by atoms with Crippen molar-refractivity contribution in [3.05, 3.63) is 53.2 Å². The molecule has 3 rings (SSSR count). The number of anilines is 2. The van der Waals surface area contributed by atoms with Crippen LogP contribution in [0.15, 0.2) is 36.5 Å². The maximum absolute atomic E-state index is 11.9. The Labute approximate surface area is 123 Å². The van der Waals surface area contributed by atoms with Crippen molar-refractivity contribution in [3.8, 4) is 0 Å². The van der Waals surface area contributed by atoms with Gasteiger partial charge in [0.2, 0.25) is 0 Å². The quantitative estimate of drug-likeness (QED) is 0.674. The van der Waals surface area contributed by atoms with Crippen LogP contribution in [0.5, 0.6) is 0 Å². The number of nitrogens with zero attached hydrogens (tertiary/aromatic N) is 2. The smallest absolute Gasteiger partial charge is 0.341 e. The fourth-order valence-corrected chi connectivity index (χ4v) is 2.74. The Hall–Kier alpha value is -2.56. The van der Waals surface area contributed by atoms with Gasteiger partial charge in [-0.1, -0.05) is 12.1 Å². The molecule has 1 aromatic heterocycles. The minimum absolute atomic E-state index is 0.364. The topological polar surface area (TPSA) is 68.5 Å². The van der Waals surface area contributed by atoms with Crippen LogP contribution in [0.1, 0.15) is 21.5 Å². The predicted octanol–water partition coefficient (Wildman–Crippen LogP) is 2.01. The van der Waals surface area contributed by atoms with Crippen molar-refractivity contribution in [2.24, 2.45) is 0 Å². The summed E-state index contributed by atoms with van der Waals surface area (Å²) in [5, 5.41) is 0. The first-order valence-corrected chi connectivity index (χ1v) is 6.85. The van der Waals surface area contributed by atoms with Gasteiger partial charge in [0.1, 0.15) is 11.4 Å². The molecule has 1 aliphatic heterocycles. The molecule has 0 atom stereocenters. The van der Waals surface area contributed by atoms with Gasteiger partial charge >= 0.3 is 5.97 Å². The molecule has 0 saturated heterocycles. The number of fused-ring (bicyclic) bond motifs is 1. The zero-order valence-electron chi connectivity index (χ0n) is 11.9. The van der Waals surface area contributed by atoms with Gasteiger partial charge in [-0.05, 0) is 35.7 Å². The number of pyridine rings is 1. The molecule has 0 aliphatic carbocycles. The highest BCUT2D eigenvalue weighted by Gasteiger charge is 2.23. The summed E-state index contributed by atoms with van der Waals surface area (Å²) < 4.78 is 4.83. The molecule has 2 aromatic rings. The molecule has 0 amide bonds. The number of hydrogen-bond donors (Lipinski definition) is 1. The fraction of sp³-hybridized carbons (Fsp3) is 0.250. The van der Waals surface area contributed by atoms with Gasteiger partial charge in [-0.2, -0.15) is 0 Å². The predicted molar refractivity (Wildman–Crippen MR) is 81.2 cm³/mol. The molecule has 0 radical (unpaired) electrons. The van der Waals surface area contributed by atoms with Gasteiger partial charge in [0.15, 0.2) is 0 Å². The molecule has 0 spiro atoms. The Morgan fingerprint density at radius 2 is 2.19 bits per heavy atom. The van der Waals surface area contributed by atoms with Gasteiger partial charge in [0.25, 0.3) is 0 Å². The minimum atomic E-state index is -0.364. The zero-order valence-corrected chi connectivity index (χ0v) is 11.9. The molecule has 0 saturated carbocycles. The zero-order chi connectivity index (χ0) is 14.8. The first-order valence-electron chi connectivity index (χ1n) is 6.85. The number of nitrogens with two attached hydrogens (primary N) is 1. The van der Waals surface area contributed by atoms with E-state index in [0.29, 0.717) is 17.9 Å². The van der Waals surface area contributed by atoms with Crippen LogP contribution in [0.3, 0.4) is 0 Å². The number of nitrogen functional groups attached to an aromatic ring is 1. The SMILES string of the molecule is COC(=O)c1cccnc1N1CCc2c(N)cccc2C1. The van der Waals surface area contributed by atoms with Gasteiger partial charge < -0.3 is 15.4 Å². The summed E-state index contributed by atoms with van der Waals surface area (Å²) in [7, 11) is 1.38. The van der Waals surface area contributed by atoms with Crippen molar-refractivity contribution in [2.75, 3.05) is 24.3 Å². The summed E-state index contributed by atoms with van der Waals surface area (Å²) in [6.45, 7) is 1.48. The van der Waals surface area contributed by atoms with Crippen molar-refractivity contribution >= 4 is 17.5 Å². The molecule has 1 aliphatic rings. The summed E-state index contributed by atoms with van der Waals surface area (Å²) in [5.74, 6) is 0.300. The Balaban J connectivity index is 1.95. The molecule has 5 nitrogen and oxygen atoms in total. The fourth-order valence-electron chi connectivity index (χ4n) is 2.74. The average molecular weight is 283 g/mol. The van der Waals surface area contributed by atoms with Crippen molar-refractivity contribution in [1.29, 1.82) is 0 Å². The van der Waals surface area contributed by atoms with E-state index >= 15 is 0 Å². The first kappa shape index (κ1) is 13.4. The lowest BCUT2D eigenvalue weighted by atomic mass is 9.97. The van der Waals surface area contributed by atoms with E-state index in [1.807, 2.05) is 12.1 Å². The molecule has 1 aromatic carbocycles. The standard InChI is InChI=1S/C16H17N3O2/c1-21-16(20)13-5-3-8-18-15(13)19-9-7-12-11(10-19)4-2-6-14(12)17/h2-6,8H,7,9-10,17H2,1H3. The number of ether oxygens (including phenoxy) is 1. The maximum atomic E-state index is 11.9. The van der Waals surface area contributed by atoms with Gasteiger partial charge in [-0.25, -0.2) is 9.78 Å². The highest BCUT2D eigenvalue weighted by atomic mass is 16.5. The minimum Gasteiger partial charge on any atom is -0.465 e. The molecule has 0 bridgehead atoms. The molecule has 108 valence electrons. The molecule has 2 heterocycles. The van der Waals surface area contributed by atoms with Crippen LogP contribution in [0.2, 0.25) is 0 Å². The van der Waals surface area contributed by atoms with Crippen molar-refractivity contribution < 1.29 is 9.53 Å². The highest BCUT2D eigenvalue weighted by molar-refractivity contribution is 5.94. The second-order valence-electron chi connectivity index (χ2n) is 5.02. The first-order chi connectivity index (χ1) is 10.2. The number of methoxy groups -OCH3 is 1. The Morgan fingerprint density at radius 3 is 3.00 bits per heavy atom. The molecule has 5 heteroatoms. The van der Waals surface area contributed by atoms with Gasteiger partial charge in [-0.15, -0.1) is 0 Å². The highest BCUT2D eigenvalue weighted by Crippen LogP contribution is 2.28. The molecule has 2 N–H and O–H groups in total. The summed E-state index contributed by atoms with van der Waals surface area (Å²) >= 11 is 0. The van der Waals surface area contributed by atoms with Crippen molar-refractivity contribution in [2.45, 2.75) is 13.0 Å². The van der Waals surface area contributed by atoms with Gasteiger partial charge in [0, 0.05) is 25.0 Å². The molecule has 0 fully saturated rings. The monoisotopic (exact) mass is 283 g/mol. The van der Waals surface area contributed by atoms with Crippen molar-refractivity contribution in [1.82, 2.24) is 4.98 Å². The normalized spacial score (nSPS) is 13.7. The van der Waals surface area contributed by atoms with Crippen LogP contribution >= 0.6 is 0 Å². The third kappa shape index (κ3) is 2.42. The number of esters is 1. The van der Waals surface area contributed by atoms with E-state index in [1.165, 1.54) is 18.2 Å². The lowest BCUT2D eigenvalue weighted by molar-refractivity contribution is 0.0601. The third-order valence-electron chi connectivity index (χ3n) is 3.79. The Morgan fingerprint density at radius 1 is 1.33 bits per heavy atom. The molecule has 0 unspecified atom stereocenters. The second-order valence-corrected chi connectivity index (χ2v) is 5.02. The summed E-state index contributed by atoms with van der Waals surface area (Å²) in [4.78, 5) is 18.3. The molecular weight excluding hydrogens is 266 g/mol. The summed E-state index contributed by atoms with van der Waals surface area (Å²) in [6, 6.07) is 9.43. The van der Waals surface area contributed by atoms with Crippen LogP contribution in [-0.4, -0.2) is 24.6 Å². The lowest BCUT2D eigenvalue weighted by Crippen LogP contribution is -2.32. The van der Waals surface area contributed by atoms with Gasteiger partial charge in [0.05, 0.1) is 7.11 Å². The number of aromatic nitrogens is 1. The van der Waals surface area contributed by atoms with Gasteiger partial charge in [-0.3, -0.25) is 0 Å². The average Bonchev–Trinajstić information content (AvgIpc) is 2.54. The van der Waals surface area contributed by atoms with Crippen LogP contribution in [-0.2, 0) is 17.7 Å². The van der Waals surface area contributed by atoms with E-state index in [2.05, 4.69) is 16.0 Å². The van der Waals surface area contributed by atoms with Crippen molar-refractivity contribution in [3.63, 3.8) is 0 Å². The van der Waals surface area contributed by atoms with E-state index in [1.54, 1.807) is 18.3 Å². The van der Waals surface area contributed by atoms with Crippen LogP contribution < -0.4 is 10.6 Å². The maximum Gasteiger partial charge on any atom is 0.341 e. The van der Waals surface area contributed by atoms with Crippen LogP contribution in [0.25, 0.3) is 0 Å². The number of benzene rings is 1. The Kier molecular flexibility index (Phi) is 3.48. The number of rotatable bonds is 2. The number of carbonyl (C=O) groups excluding carboxylic acids is 1. The second kappa shape index (κ2) is 5.44. The van der Waals surface area contributed by atoms with Crippen LogP contribution in [0.4, 0.5) is 11.5 Å². The Bertz CT molecular complexity index is 685. The van der Waals surface area contributed by atoms with E-state index < -0.39 is 0 Å². The molecule has 21 heavy (non-hydrogen) atoms. The summed E-state index contributed by atoms with van der Waals surface area (Å²) in [6.07, 6.45) is 2.54. The number of hydrogen-bond acceptors (Lipinski definition) is 5. The van der Waals surface area contributed by atoms with Crippen LogP contribution in [0, 0.1) is 0 Å². The summed E-state index contributed by atoms with van der Waals surface area (Å²) in [5.41, 5.74) is 9.73. The third-order valence-corrected chi connectivity index (χ3v) is 3.79. The number of carbonyl (C=O) groups is 1. The molecular formula is C16H17N3O2. The largest absolute Gasteiger partial charge is 0.465 e. The van der Waals surface area contributed by atoms with E-state index in [4.69, 9.17) is 10.5 Å². The van der Waals surface area contributed by atoms with E-state index in [-0.39, 0.29) is 5.97 Å². The lowest BCUT2D eigenvalue weighted by Gasteiger charge is -2.31. The van der Waals surface area contributed by atoms with E-state index in [9.17, 15) is 4.79 Å².